The fourth-order valence-electron chi connectivity index (χ4n) is 4.41. The first-order valence-corrected chi connectivity index (χ1v) is 12.9. The van der Waals surface area contributed by atoms with Crippen molar-refractivity contribution in [2.45, 2.75) is 12.2 Å². The van der Waals surface area contributed by atoms with Crippen LogP contribution in [-0.4, -0.2) is 41.1 Å². The number of fused-ring (bicyclic) bond motifs is 1. The number of nitrogens with zero attached hydrogens (tertiary/aromatic N) is 3. The lowest BCUT2D eigenvalue weighted by Gasteiger charge is -2.23. The zero-order valence-electron chi connectivity index (χ0n) is 19.8. The van der Waals surface area contributed by atoms with Crippen molar-refractivity contribution in [3.05, 3.63) is 101 Å². The molecular weight excluding hydrogens is 494 g/mol. The lowest BCUT2D eigenvalue weighted by Crippen LogP contribution is -2.38. The molecule has 0 saturated carbocycles. The Labute approximate surface area is 218 Å². The van der Waals surface area contributed by atoms with E-state index in [1.165, 1.54) is 23.8 Å². The monoisotopic (exact) mass is 517 g/mol. The highest BCUT2D eigenvalue weighted by Crippen LogP contribution is 2.49. The largest absolute Gasteiger partial charge is 0.468 e. The van der Waals surface area contributed by atoms with Gasteiger partial charge in [-0.25, -0.2) is 4.68 Å². The Bertz CT molecular complexity index is 1440. The number of thioether (sulfide) groups is 1. The van der Waals surface area contributed by atoms with Crippen molar-refractivity contribution in [2.75, 3.05) is 24.3 Å². The van der Waals surface area contributed by atoms with Crippen LogP contribution in [0.25, 0.3) is 16.9 Å². The molecule has 1 amide bonds. The number of ether oxygens (including phenoxy) is 1. The number of benzene rings is 3. The van der Waals surface area contributed by atoms with Crippen LogP contribution in [0, 0.1) is 6.92 Å². The number of esters is 1. The first kappa shape index (κ1) is 24.2. The van der Waals surface area contributed by atoms with E-state index >= 15 is 0 Å². The van der Waals surface area contributed by atoms with Gasteiger partial charge in [-0.2, -0.15) is 5.10 Å². The SMILES string of the molecule is COC(=O)CN1C(=O)CSC(c2cccc(C)c2)c2c(-c3ccccc3)nn(-c3ccccc3Cl)c21. The summed E-state index contributed by atoms with van der Waals surface area (Å²) in [7, 11) is 1.32. The lowest BCUT2D eigenvalue weighted by molar-refractivity contribution is -0.139. The van der Waals surface area contributed by atoms with Crippen LogP contribution in [0.2, 0.25) is 5.02 Å². The van der Waals surface area contributed by atoms with Gasteiger partial charge in [0.2, 0.25) is 5.91 Å². The van der Waals surface area contributed by atoms with E-state index in [9.17, 15) is 9.59 Å². The summed E-state index contributed by atoms with van der Waals surface area (Å²) >= 11 is 8.15. The van der Waals surface area contributed by atoms with Crippen molar-refractivity contribution in [3.63, 3.8) is 0 Å². The van der Waals surface area contributed by atoms with Gasteiger partial charge in [-0.1, -0.05) is 83.9 Å². The first-order chi connectivity index (χ1) is 17.5. The molecule has 1 aromatic heterocycles. The zero-order valence-corrected chi connectivity index (χ0v) is 21.4. The molecule has 0 bridgehead atoms. The Hall–Kier alpha value is -3.55. The number of hydrogen-bond acceptors (Lipinski definition) is 5. The molecule has 0 fully saturated rings. The number of rotatable bonds is 5. The molecule has 8 heteroatoms. The van der Waals surface area contributed by atoms with Gasteiger partial charge in [0.1, 0.15) is 12.4 Å². The van der Waals surface area contributed by atoms with Gasteiger partial charge in [-0.05, 0) is 24.6 Å². The van der Waals surface area contributed by atoms with E-state index in [4.69, 9.17) is 21.4 Å². The molecule has 0 radical (unpaired) electrons. The normalized spacial score (nSPS) is 15.4. The molecule has 1 aliphatic rings. The molecule has 1 atom stereocenters. The van der Waals surface area contributed by atoms with Crippen LogP contribution in [0.4, 0.5) is 5.82 Å². The molecule has 4 aromatic rings. The Morgan fingerprint density at radius 1 is 1.08 bits per heavy atom. The van der Waals surface area contributed by atoms with Crippen LogP contribution >= 0.6 is 23.4 Å². The van der Waals surface area contributed by atoms with Crippen LogP contribution < -0.4 is 4.90 Å². The van der Waals surface area contributed by atoms with Crippen LogP contribution in [0.15, 0.2) is 78.9 Å². The molecule has 5 rings (SSSR count). The molecule has 6 nitrogen and oxygen atoms in total. The van der Waals surface area contributed by atoms with Crippen molar-refractivity contribution in [2.24, 2.45) is 0 Å². The third-order valence-corrected chi connectivity index (χ3v) is 7.65. The van der Waals surface area contributed by atoms with Crippen LogP contribution in [-0.2, 0) is 14.3 Å². The third-order valence-electron chi connectivity index (χ3n) is 6.08. The Balaban J connectivity index is 1.86. The maximum absolute atomic E-state index is 13.5. The molecule has 36 heavy (non-hydrogen) atoms. The summed E-state index contributed by atoms with van der Waals surface area (Å²) in [5.41, 5.74) is 5.29. The molecule has 1 aliphatic heterocycles. The minimum atomic E-state index is -0.513. The number of para-hydroxylation sites is 1. The van der Waals surface area contributed by atoms with Gasteiger partial charge in [0, 0.05) is 11.1 Å². The average molecular weight is 518 g/mol. The van der Waals surface area contributed by atoms with Crippen LogP contribution in [0.1, 0.15) is 21.9 Å². The van der Waals surface area contributed by atoms with Crippen LogP contribution in [0.5, 0.6) is 0 Å². The molecule has 1 unspecified atom stereocenters. The number of halogens is 1. The van der Waals surface area contributed by atoms with E-state index in [-0.39, 0.29) is 23.5 Å². The highest BCUT2D eigenvalue weighted by Gasteiger charge is 2.38. The summed E-state index contributed by atoms with van der Waals surface area (Å²) in [5, 5.41) is 5.31. The minimum absolute atomic E-state index is 0.195. The molecule has 0 aliphatic carbocycles. The summed E-state index contributed by atoms with van der Waals surface area (Å²) in [5.74, 6) is 0.00561. The topological polar surface area (TPSA) is 64.4 Å². The summed E-state index contributed by atoms with van der Waals surface area (Å²) in [6.07, 6.45) is 0. The van der Waals surface area contributed by atoms with Crippen molar-refractivity contribution < 1.29 is 14.3 Å². The van der Waals surface area contributed by atoms with E-state index in [1.807, 2.05) is 67.6 Å². The zero-order chi connectivity index (χ0) is 25.2. The maximum atomic E-state index is 13.5. The van der Waals surface area contributed by atoms with E-state index < -0.39 is 5.97 Å². The van der Waals surface area contributed by atoms with E-state index in [1.54, 1.807) is 10.7 Å². The Kier molecular flexibility index (Phi) is 6.85. The number of carbonyl (C=O) groups excluding carboxylic acids is 2. The summed E-state index contributed by atoms with van der Waals surface area (Å²) in [6, 6.07) is 25.5. The average Bonchev–Trinajstić information content (AvgIpc) is 3.21. The molecular formula is C28H24ClN3O3S. The Morgan fingerprint density at radius 3 is 2.56 bits per heavy atom. The number of aryl methyl sites for hydroxylation is 1. The van der Waals surface area contributed by atoms with E-state index in [0.717, 1.165) is 27.9 Å². The fraction of sp³-hybridized carbons (Fsp3) is 0.179. The third kappa shape index (κ3) is 4.52. The fourth-order valence-corrected chi connectivity index (χ4v) is 5.81. The summed E-state index contributed by atoms with van der Waals surface area (Å²) in [4.78, 5) is 27.4. The summed E-state index contributed by atoms with van der Waals surface area (Å²) in [6.45, 7) is 1.82. The van der Waals surface area contributed by atoms with Gasteiger partial charge in [-0.3, -0.25) is 14.5 Å². The molecule has 182 valence electrons. The molecule has 0 spiro atoms. The number of methoxy groups -OCH3 is 1. The van der Waals surface area contributed by atoms with E-state index in [0.29, 0.717) is 16.5 Å². The first-order valence-electron chi connectivity index (χ1n) is 11.5. The van der Waals surface area contributed by atoms with Gasteiger partial charge in [0.15, 0.2) is 0 Å². The van der Waals surface area contributed by atoms with Gasteiger partial charge in [0.05, 0.1) is 34.5 Å². The molecule has 0 saturated heterocycles. The lowest BCUT2D eigenvalue weighted by atomic mass is 9.98. The number of hydrogen-bond donors (Lipinski definition) is 0. The van der Waals surface area contributed by atoms with Crippen molar-refractivity contribution in [1.82, 2.24) is 9.78 Å². The quantitative estimate of drug-likeness (QED) is 0.311. The molecule has 0 N–H and O–H groups in total. The maximum Gasteiger partial charge on any atom is 0.325 e. The van der Waals surface area contributed by atoms with Gasteiger partial charge in [0.25, 0.3) is 0 Å². The summed E-state index contributed by atoms with van der Waals surface area (Å²) < 4.78 is 6.64. The van der Waals surface area contributed by atoms with Crippen molar-refractivity contribution in [3.8, 4) is 16.9 Å². The highest BCUT2D eigenvalue weighted by molar-refractivity contribution is 8.00. The number of aromatic nitrogens is 2. The number of carbonyl (C=O) groups is 2. The second-order valence-corrected chi connectivity index (χ2v) is 9.98. The van der Waals surface area contributed by atoms with E-state index in [2.05, 4.69) is 12.1 Å². The Morgan fingerprint density at radius 2 is 1.83 bits per heavy atom. The highest BCUT2D eigenvalue weighted by atomic mass is 35.5. The standard InChI is InChI=1S/C28H24ClN3O3S/c1-18-9-8-12-20(15-18)27-25-26(19-10-4-3-5-11-19)30-32(22-14-7-6-13-21(22)29)28(25)31(16-24(34)35-2)23(33)17-36-27/h3-15,27H,16-17H2,1-2H3. The van der Waals surface area contributed by atoms with Crippen molar-refractivity contribution in [1.29, 1.82) is 0 Å². The second-order valence-electron chi connectivity index (χ2n) is 8.48. The number of amides is 1. The number of anilines is 1. The van der Waals surface area contributed by atoms with Gasteiger partial charge >= 0.3 is 5.97 Å². The molecule has 2 heterocycles. The smallest absolute Gasteiger partial charge is 0.325 e. The second kappa shape index (κ2) is 10.2. The molecule has 3 aromatic carbocycles. The van der Waals surface area contributed by atoms with Crippen LogP contribution in [0.3, 0.4) is 0 Å². The van der Waals surface area contributed by atoms with Crippen molar-refractivity contribution >= 4 is 41.1 Å². The minimum Gasteiger partial charge on any atom is -0.468 e. The predicted octanol–water partition coefficient (Wildman–Crippen LogP) is 5.84. The van der Waals surface area contributed by atoms with Gasteiger partial charge in [-0.15, -0.1) is 11.8 Å². The van der Waals surface area contributed by atoms with Gasteiger partial charge < -0.3 is 4.74 Å². The predicted molar refractivity (Wildman–Crippen MR) is 144 cm³/mol.